The van der Waals surface area contributed by atoms with Crippen molar-refractivity contribution >= 4 is 5.82 Å². The van der Waals surface area contributed by atoms with Crippen LogP contribution in [0.1, 0.15) is 19.5 Å². The fourth-order valence-electron chi connectivity index (χ4n) is 1.11. The maximum absolute atomic E-state index is 4.04. The number of nitrogens with zero attached hydrogens (tertiary/aromatic N) is 3. The summed E-state index contributed by atoms with van der Waals surface area (Å²) in [6.07, 6.45) is 0. The zero-order valence-corrected chi connectivity index (χ0v) is 9.99. The Balaban J connectivity index is 2.29. The molecule has 1 aromatic heterocycles. The molecule has 0 aliphatic heterocycles. The minimum atomic E-state index is 0.580. The van der Waals surface area contributed by atoms with E-state index in [9.17, 15) is 0 Å². The van der Waals surface area contributed by atoms with Crippen LogP contribution in [0.5, 0.6) is 0 Å². The van der Waals surface area contributed by atoms with E-state index >= 15 is 0 Å². The van der Waals surface area contributed by atoms with Gasteiger partial charge in [-0.3, -0.25) is 0 Å². The van der Waals surface area contributed by atoms with Gasteiger partial charge in [0.15, 0.2) is 0 Å². The summed E-state index contributed by atoms with van der Waals surface area (Å²) in [5, 5.41) is 11.3. The van der Waals surface area contributed by atoms with E-state index in [1.54, 1.807) is 0 Å². The van der Waals surface area contributed by atoms with E-state index in [1.165, 1.54) is 0 Å². The Hall–Kier alpha value is -1.16. The normalized spacial score (nSPS) is 11.1. The van der Waals surface area contributed by atoms with E-state index < -0.39 is 0 Å². The van der Waals surface area contributed by atoms with Gasteiger partial charge >= 0.3 is 0 Å². The molecular weight excluding hydrogens is 188 g/mol. The van der Waals surface area contributed by atoms with E-state index in [0.29, 0.717) is 6.04 Å². The van der Waals surface area contributed by atoms with Crippen molar-refractivity contribution in [1.82, 2.24) is 15.1 Å². The van der Waals surface area contributed by atoms with Gasteiger partial charge in [0.1, 0.15) is 5.82 Å². The molecule has 0 unspecified atom stereocenters. The summed E-state index contributed by atoms with van der Waals surface area (Å²) in [7, 11) is 2.12. The van der Waals surface area contributed by atoms with E-state index in [4.69, 9.17) is 0 Å². The first-order valence-corrected chi connectivity index (χ1v) is 5.34. The monoisotopic (exact) mass is 208 g/mol. The Morgan fingerprint density at radius 2 is 2.07 bits per heavy atom. The van der Waals surface area contributed by atoms with Crippen molar-refractivity contribution in [2.45, 2.75) is 26.8 Å². The van der Waals surface area contributed by atoms with Crippen molar-refractivity contribution in [2.24, 2.45) is 0 Å². The molecule has 1 N–H and O–H groups in total. The molecule has 0 aliphatic carbocycles. The second-order valence-electron chi connectivity index (χ2n) is 4.06. The van der Waals surface area contributed by atoms with Gasteiger partial charge in [0.05, 0.1) is 5.69 Å². The third kappa shape index (κ3) is 4.25. The molecule has 0 radical (unpaired) electrons. The number of aromatic nitrogens is 2. The van der Waals surface area contributed by atoms with Gasteiger partial charge in [0.2, 0.25) is 0 Å². The highest BCUT2D eigenvalue weighted by Gasteiger charge is 2.02. The molecule has 0 bridgehead atoms. The molecule has 0 saturated heterocycles. The van der Waals surface area contributed by atoms with Crippen LogP contribution in [0.4, 0.5) is 5.82 Å². The highest BCUT2D eigenvalue weighted by Crippen LogP contribution is 2.00. The summed E-state index contributed by atoms with van der Waals surface area (Å²) in [5.41, 5.74) is 0.944. The summed E-state index contributed by atoms with van der Waals surface area (Å²) in [6, 6.07) is 4.50. The third-order valence-corrected chi connectivity index (χ3v) is 2.45. The van der Waals surface area contributed by atoms with E-state index in [0.717, 1.165) is 24.6 Å². The van der Waals surface area contributed by atoms with Gasteiger partial charge in [0.25, 0.3) is 0 Å². The highest BCUT2D eigenvalue weighted by molar-refractivity contribution is 5.32. The smallest absolute Gasteiger partial charge is 0.148 e. The maximum atomic E-state index is 4.04. The first-order chi connectivity index (χ1) is 7.09. The van der Waals surface area contributed by atoms with Gasteiger partial charge in [-0.2, -0.15) is 5.10 Å². The van der Waals surface area contributed by atoms with Crippen molar-refractivity contribution in [2.75, 3.05) is 25.5 Å². The zero-order valence-electron chi connectivity index (χ0n) is 9.99. The number of aryl methyl sites for hydroxylation is 1. The summed E-state index contributed by atoms with van der Waals surface area (Å²) < 4.78 is 0. The zero-order chi connectivity index (χ0) is 11.3. The topological polar surface area (TPSA) is 41.0 Å². The molecule has 0 amide bonds. The number of hydrogen-bond acceptors (Lipinski definition) is 4. The molecule has 0 spiro atoms. The minimum Gasteiger partial charge on any atom is -0.367 e. The van der Waals surface area contributed by atoms with Crippen LogP contribution in [-0.2, 0) is 0 Å². The lowest BCUT2D eigenvalue weighted by atomic mass is 10.3. The number of anilines is 1. The fraction of sp³-hybridized carbons (Fsp3) is 0.636. The van der Waals surface area contributed by atoms with Crippen LogP contribution >= 0.6 is 0 Å². The van der Waals surface area contributed by atoms with Gasteiger partial charge in [-0.1, -0.05) is 0 Å². The molecule has 84 valence electrons. The van der Waals surface area contributed by atoms with E-state index in [1.807, 2.05) is 19.1 Å². The molecule has 0 atom stereocenters. The van der Waals surface area contributed by atoms with Crippen molar-refractivity contribution in [3.8, 4) is 0 Å². The van der Waals surface area contributed by atoms with Gasteiger partial charge in [-0.05, 0) is 40.0 Å². The van der Waals surface area contributed by atoms with E-state index in [2.05, 4.69) is 41.3 Å². The fourth-order valence-corrected chi connectivity index (χ4v) is 1.11. The Kier molecular flexibility index (Phi) is 4.49. The summed E-state index contributed by atoms with van der Waals surface area (Å²) in [4.78, 5) is 2.29. The number of likely N-dealkylation sites (N-methyl/N-ethyl adjacent to an activating group) is 1. The molecule has 4 nitrogen and oxygen atoms in total. The Morgan fingerprint density at radius 1 is 1.33 bits per heavy atom. The van der Waals surface area contributed by atoms with Crippen molar-refractivity contribution in [3.05, 3.63) is 17.8 Å². The molecule has 0 fully saturated rings. The number of hydrogen-bond donors (Lipinski definition) is 1. The average molecular weight is 208 g/mol. The molecular formula is C11H20N4. The molecule has 0 aliphatic rings. The summed E-state index contributed by atoms with van der Waals surface area (Å²) >= 11 is 0. The molecule has 4 heteroatoms. The number of rotatable bonds is 5. The third-order valence-electron chi connectivity index (χ3n) is 2.45. The molecule has 1 heterocycles. The van der Waals surface area contributed by atoms with Crippen LogP contribution in [0.25, 0.3) is 0 Å². The lowest BCUT2D eigenvalue weighted by molar-refractivity contribution is 0.284. The lowest BCUT2D eigenvalue weighted by Crippen LogP contribution is -2.31. The molecule has 0 aromatic carbocycles. The lowest BCUT2D eigenvalue weighted by Gasteiger charge is -2.20. The highest BCUT2D eigenvalue weighted by atomic mass is 15.2. The Labute approximate surface area is 91.7 Å². The van der Waals surface area contributed by atoms with Gasteiger partial charge in [-0.15, -0.1) is 5.10 Å². The van der Waals surface area contributed by atoms with Crippen LogP contribution in [0, 0.1) is 6.92 Å². The van der Waals surface area contributed by atoms with Gasteiger partial charge in [-0.25, -0.2) is 0 Å². The Morgan fingerprint density at radius 3 is 2.60 bits per heavy atom. The molecule has 0 saturated carbocycles. The van der Waals surface area contributed by atoms with Crippen LogP contribution in [-0.4, -0.2) is 41.3 Å². The predicted molar refractivity (Wildman–Crippen MR) is 63.0 cm³/mol. The standard InChI is InChI=1S/C11H20N4/c1-9(2)15(4)8-7-12-11-6-5-10(3)13-14-11/h5-6,9H,7-8H2,1-4H3,(H,12,14). The minimum absolute atomic E-state index is 0.580. The largest absolute Gasteiger partial charge is 0.367 e. The quantitative estimate of drug-likeness (QED) is 0.797. The first-order valence-electron chi connectivity index (χ1n) is 5.34. The summed E-state index contributed by atoms with van der Waals surface area (Å²) in [5.74, 6) is 0.845. The van der Waals surface area contributed by atoms with Crippen LogP contribution in [0.15, 0.2) is 12.1 Å². The van der Waals surface area contributed by atoms with Crippen LogP contribution < -0.4 is 5.32 Å². The van der Waals surface area contributed by atoms with Crippen molar-refractivity contribution in [1.29, 1.82) is 0 Å². The second kappa shape index (κ2) is 5.66. The van der Waals surface area contributed by atoms with Crippen molar-refractivity contribution in [3.63, 3.8) is 0 Å². The second-order valence-corrected chi connectivity index (χ2v) is 4.06. The van der Waals surface area contributed by atoms with Crippen LogP contribution in [0.2, 0.25) is 0 Å². The van der Waals surface area contributed by atoms with E-state index in [-0.39, 0.29) is 0 Å². The Bertz CT molecular complexity index is 281. The van der Waals surface area contributed by atoms with Crippen LogP contribution in [0.3, 0.4) is 0 Å². The molecule has 1 rings (SSSR count). The maximum Gasteiger partial charge on any atom is 0.148 e. The molecule has 1 aromatic rings. The number of nitrogens with one attached hydrogen (secondary N) is 1. The summed E-state index contributed by atoms with van der Waals surface area (Å²) in [6.45, 7) is 8.21. The first kappa shape index (κ1) is 11.9. The average Bonchev–Trinajstić information content (AvgIpc) is 2.20. The SMILES string of the molecule is Cc1ccc(NCCN(C)C(C)C)nn1. The van der Waals surface area contributed by atoms with Gasteiger partial charge in [0, 0.05) is 19.1 Å². The predicted octanol–water partition coefficient (Wildman–Crippen LogP) is 1.54. The molecule has 15 heavy (non-hydrogen) atoms. The van der Waals surface area contributed by atoms with Crippen molar-refractivity contribution < 1.29 is 0 Å². The van der Waals surface area contributed by atoms with Gasteiger partial charge < -0.3 is 10.2 Å².